The molecule has 1 atom stereocenters. The lowest BCUT2D eigenvalue weighted by atomic mass is 9.80. The van der Waals surface area contributed by atoms with Gasteiger partial charge in [0.2, 0.25) is 0 Å². The van der Waals surface area contributed by atoms with E-state index in [1.807, 2.05) is 0 Å². The Hall–Kier alpha value is -0.640. The zero-order valence-corrected chi connectivity index (χ0v) is 12.8. The number of hydrogen-bond donors (Lipinski definition) is 0. The molecule has 1 aromatic rings. The minimum Gasteiger partial charge on any atom is -0.497 e. The van der Waals surface area contributed by atoms with Crippen LogP contribution >= 0.6 is 15.9 Å². The van der Waals surface area contributed by atoms with Crippen molar-refractivity contribution in [3.8, 4) is 5.75 Å². The molecule has 1 aromatic carbocycles. The van der Waals surface area contributed by atoms with Gasteiger partial charge in [-0.2, -0.15) is 0 Å². The fraction of sp³-hybridized carbons (Fsp3) is 0.600. The average molecular weight is 333 g/mol. The van der Waals surface area contributed by atoms with Crippen molar-refractivity contribution in [1.82, 2.24) is 0 Å². The van der Waals surface area contributed by atoms with Gasteiger partial charge < -0.3 is 4.74 Å². The standard InChI is InChI=1S/C15H19BrF2O/c1-9-3-5-10(6-4-9)15(16)14-12(17)7-11(19-2)8-13(14)18/h7-10,15H,3-6H2,1-2H3. The highest BCUT2D eigenvalue weighted by Gasteiger charge is 2.29. The maximum absolute atomic E-state index is 14.0. The molecule has 0 bridgehead atoms. The average Bonchev–Trinajstić information content (AvgIpc) is 2.38. The summed E-state index contributed by atoms with van der Waals surface area (Å²) in [5.74, 6) is 0.181. The Morgan fingerprint density at radius 3 is 2.16 bits per heavy atom. The van der Waals surface area contributed by atoms with Crippen LogP contribution in [0.15, 0.2) is 12.1 Å². The molecule has 0 saturated heterocycles. The van der Waals surface area contributed by atoms with Crippen molar-refractivity contribution >= 4 is 15.9 Å². The molecule has 2 rings (SSSR count). The summed E-state index contributed by atoms with van der Waals surface area (Å²) in [7, 11) is 1.40. The van der Waals surface area contributed by atoms with Gasteiger partial charge in [-0.25, -0.2) is 8.78 Å². The maximum Gasteiger partial charge on any atom is 0.134 e. The first kappa shape index (κ1) is 14.8. The molecule has 4 heteroatoms. The Morgan fingerprint density at radius 1 is 1.16 bits per heavy atom. The van der Waals surface area contributed by atoms with Gasteiger partial charge in [-0.15, -0.1) is 0 Å². The Bertz CT molecular complexity index is 419. The first-order valence-electron chi connectivity index (χ1n) is 6.70. The predicted molar refractivity (Wildman–Crippen MR) is 75.7 cm³/mol. The number of halogens is 3. The van der Waals surface area contributed by atoms with Crippen LogP contribution in [0, 0.1) is 23.5 Å². The highest BCUT2D eigenvalue weighted by Crippen LogP contribution is 2.43. The third-order valence-corrected chi connectivity index (χ3v) is 5.24. The molecule has 0 aliphatic heterocycles. The quantitative estimate of drug-likeness (QED) is 0.688. The van der Waals surface area contributed by atoms with Crippen LogP contribution in [0.3, 0.4) is 0 Å². The maximum atomic E-state index is 14.0. The molecule has 1 aliphatic carbocycles. The van der Waals surface area contributed by atoms with E-state index in [1.165, 1.54) is 19.2 Å². The van der Waals surface area contributed by atoms with Gasteiger partial charge in [0.15, 0.2) is 0 Å². The number of methoxy groups -OCH3 is 1. The third kappa shape index (κ3) is 3.28. The summed E-state index contributed by atoms with van der Waals surface area (Å²) in [4.78, 5) is -0.258. The largest absolute Gasteiger partial charge is 0.497 e. The minimum atomic E-state index is -0.530. The summed E-state index contributed by atoms with van der Waals surface area (Å²) < 4.78 is 32.9. The SMILES string of the molecule is COc1cc(F)c(C(Br)C2CCC(C)CC2)c(F)c1. The van der Waals surface area contributed by atoms with Crippen LogP contribution in [-0.2, 0) is 0 Å². The number of benzene rings is 1. The molecule has 1 nitrogen and oxygen atoms in total. The fourth-order valence-corrected chi connectivity index (χ4v) is 3.72. The van der Waals surface area contributed by atoms with Crippen molar-refractivity contribution in [3.05, 3.63) is 29.3 Å². The molecule has 1 aliphatic rings. The van der Waals surface area contributed by atoms with E-state index in [4.69, 9.17) is 4.74 Å². The summed E-state index contributed by atoms with van der Waals surface area (Å²) >= 11 is 3.49. The van der Waals surface area contributed by atoms with Gasteiger partial charge in [-0.05, 0) is 24.7 Å². The van der Waals surface area contributed by atoms with E-state index >= 15 is 0 Å². The Kier molecular flexibility index (Phi) is 4.82. The van der Waals surface area contributed by atoms with E-state index in [-0.39, 0.29) is 16.1 Å². The molecule has 0 amide bonds. The molecule has 0 radical (unpaired) electrons. The second-order valence-electron chi connectivity index (χ2n) is 5.43. The Balaban J connectivity index is 2.21. The van der Waals surface area contributed by atoms with Crippen molar-refractivity contribution in [2.45, 2.75) is 37.4 Å². The smallest absolute Gasteiger partial charge is 0.134 e. The second kappa shape index (κ2) is 6.21. The molecule has 1 fully saturated rings. The Morgan fingerprint density at radius 2 is 1.68 bits per heavy atom. The van der Waals surface area contributed by atoms with Crippen molar-refractivity contribution in [1.29, 1.82) is 0 Å². The van der Waals surface area contributed by atoms with E-state index in [0.717, 1.165) is 31.6 Å². The summed E-state index contributed by atoms with van der Waals surface area (Å²) in [6, 6.07) is 2.50. The van der Waals surface area contributed by atoms with Gasteiger partial charge in [-0.3, -0.25) is 0 Å². The van der Waals surface area contributed by atoms with Crippen molar-refractivity contribution in [2.75, 3.05) is 7.11 Å². The van der Waals surface area contributed by atoms with Crippen LogP contribution in [0.2, 0.25) is 0 Å². The summed E-state index contributed by atoms with van der Waals surface area (Å²) in [5, 5.41) is 0. The normalized spacial score (nSPS) is 25.1. The van der Waals surface area contributed by atoms with Crippen LogP contribution in [-0.4, -0.2) is 7.11 Å². The van der Waals surface area contributed by atoms with Gasteiger partial charge in [0.05, 0.1) is 7.11 Å². The van der Waals surface area contributed by atoms with E-state index in [9.17, 15) is 8.78 Å². The molecule has 1 saturated carbocycles. The fourth-order valence-electron chi connectivity index (χ4n) is 2.76. The molecule has 1 unspecified atom stereocenters. The van der Waals surface area contributed by atoms with Gasteiger partial charge in [0.1, 0.15) is 17.4 Å². The first-order valence-corrected chi connectivity index (χ1v) is 7.61. The van der Waals surface area contributed by atoms with E-state index in [2.05, 4.69) is 22.9 Å². The third-order valence-electron chi connectivity index (χ3n) is 4.04. The molecule has 0 spiro atoms. The first-order chi connectivity index (χ1) is 9.02. The van der Waals surface area contributed by atoms with Gasteiger partial charge >= 0.3 is 0 Å². The number of rotatable bonds is 3. The topological polar surface area (TPSA) is 9.23 Å². The number of hydrogen-bond acceptors (Lipinski definition) is 1. The van der Waals surface area contributed by atoms with Gasteiger partial charge in [-0.1, -0.05) is 35.7 Å². The van der Waals surface area contributed by atoms with Crippen LogP contribution in [0.25, 0.3) is 0 Å². The summed E-state index contributed by atoms with van der Waals surface area (Å²) in [5.41, 5.74) is 0.139. The van der Waals surface area contributed by atoms with Crippen LogP contribution in [0.4, 0.5) is 8.78 Å². The van der Waals surface area contributed by atoms with Crippen LogP contribution < -0.4 is 4.74 Å². The lowest BCUT2D eigenvalue weighted by molar-refractivity contribution is 0.283. The Labute approximate surface area is 121 Å². The predicted octanol–water partition coefficient (Wildman–Crippen LogP) is 5.24. The van der Waals surface area contributed by atoms with Crippen molar-refractivity contribution < 1.29 is 13.5 Å². The highest BCUT2D eigenvalue weighted by atomic mass is 79.9. The monoisotopic (exact) mass is 332 g/mol. The lowest BCUT2D eigenvalue weighted by Crippen LogP contribution is -2.18. The molecule has 106 valence electrons. The van der Waals surface area contributed by atoms with Crippen LogP contribution in [0.1, 0.15) is 43.0 Å². The molecular weight excluding hydrogens is 314 g/mol. The lowest BCUT2D eigenvalue weighted by Gasteiger charge is -2.30. The van der Waals surface area contributed by atoms with Crippen molar-refractivity contribution in [3.63, 3.8) is 0 Å². The molecular formula is C15H19BrF2O. The van der Waals surface area contributed by atoms with E-state index in [0.29, 0.717) is 5.92 Å². The molecule has 19 heavy (non-hydrogen) atoms. The van der Waals surface area contributed by atoms with Crippen molar-refractivity contribution in [2.24, 2.45) is 11.8 Å². The molecule has 0 aromatic heterocycles. The van der Waals surface area contributed by atoms with E-state index in [1.54, 1.807) is 0 Å². The zero-order valence-electron chi connectivity index (χ0n) is 11.3. The zero-order chi connectivity index (χ0) is 14.0. The minimum absolute atomic E-state index is 0.139. The molecule has 0 N–H and O–H groups in total. The summed E-state index contributed by atoms with van der Waals surface area (Å²) in [6.07, 6.45) is 4.29. The van der Waals surface area contributed by atoms with Crippen LogP contribution in [0.5, 0.6) is 5.75 Å². The molecule has 0 heterocycles. The summed E-state index contributed by atoms with van der Waals surface area (Å²) in [6.45, 7) is 2.23. The van der Waals surface area contributed by atoms with Gasteiger partial charge in [0.25, 0.3) is 0 Å². The number of ether oxygens (including phenoxy) is 1. The highest BCUT2D eigenvalue weighted by molar-refractivity contribution is 9.09. The van der Waals surface area contributed by atoms with E-state index < -0.39 is 11.6 Å². The number of alkyl halides is 1. The second-order valence-corrected chi connectivity index (χ2v) is 6.41. The van der Waals surface area contributed by atoms with Gasteiger partial charge in [0, 0.05) is 22.5 Å².